The van der Waals surface area contributed by atoms with Crippen LogP contribution in [-0.4, -0.2) is 28.1 Å². The number of amides is 2. The van der Waals surface area contributed by atoms with E-state index < -0.39 is 4.92 Å². The van der Waals surface area contributed by atoms with E-state index in [1.807, 2.05) is 30.3 Å². The first-order valence-corrected chi connectivity index (χ1v) is 11.1. The van der Waals surface area contributed by atoms with Crippen molar-refractivity contribution in [2.75, 3.05) is 7.11 Å². The van der Waals surface area contributed by atoms with E-state index >= 15 is 0 Å². The van der Waals surface area contributed by atoms with E-state index in [1.54, 1.807) is 42.5 Å². The van der Waals surface area contributed by atoms with Crippen LogP contribution in [0.4, 0.5) is 10.5 Å². The number of methoxy groups -OCH3 is 1. The number of para-hydroxylation sites is 1. The van der Waals surface area contributed by atoms with Crippen LogP contribution in [0, 0.1) is 10.1 Å². The lowest BCUT2D eigenvalue weighted by Gasteiger charge is -2.12. The molecule has 4 rings (SSSR count). The molecule has 0 N–H and O–H groups in total. The fraction of sp³-hybridized carbons (Fsp3) is 0.120. The lowest BCUT2D eigenvalue weighted by atomic mass is 10.1. The molecule has 0 aliphatic carbocycles. The number of carbonyl (C=O) groups is 2. The second kappa shape index (κ2) is 10.2. The van der Waals surface area contributed by atoms with Gasteiger partial charge in [0.2, 0.25) is 0 Å². The Bertz CT molecular complexity index is 1280. The van der Waals surface area contributed by atoms with Crippen molar-refractivity contribution < 1.29 is 24.0 Å². The van der Waals surface area contributed by atoms with E-state index in [-0.39, 0.29) is 30.0 Å². The van der Waals surface area contributed by atoms with E-state index in [9.17, 15) is 19.7 Å². The number of hydrogen-bond acceptors (Lipinski definition) is 7. The zero-order valence-electron chi connectivity index (χ0n) is 18.2. The molecule has 1 aliphatic heterocycles. The van der Waals surface area contributed by atoms with Crippen LogP contribution in [0.1, 0.15) is 16.7 Å². The summed E-state index contributed by atoms with van der Waals surface area (Å²) < 4.78 is 11.2. The fourth-order valence-electron chi connectivity index (χ4n) is 3.42. The molecule has 3 aromatic rings. The number of nitro groups is 1. The van der Waals surface area contributed by atoms with Gasteiger partial charge in [-0.15, -0.1) is 0 Å². The van der Waals surface area contributed by atoms with Crippen LogP contribution >= 0.6 is 11.8 Å². The Morgan fingerprint density at radius 3 is 2.47 bits per heavy atom. The second-order valence-corrected chi connectivity index (χ2v) is 8.33. The van der Waals surface area contributed by atoms with Crippen LogP contribution in [-0.2, 0) is 17.9 Å². The van der Waals surface area contributed by atoms with Gasteiger partial charge < -0.3 is 9.47 Å². The lowest BCUT2D eigenvalue weighted by molar-refractivity contribution is -0.385. The maximum atomic E-state index is 12.8. The van der Waals surface area contributed by atoms with Crippen molar-refractivity contribution in [2.45, 2.75) is 13.2 Å². The summed E-state index contributed by atoms with van der Waals surface area (Å²) in [5, 5.41) is 10.9. The first-order valence-electron chi connectivity index (χ1n) is 10.3. The summed E-state index contributed by atoms with van der Waals surface area (Å²) in [5.74, 6) is 0.433. The van der Waals surface area contributed by atoms with Crippen LogP contribution in [0.3, 0.4) is 0 Å². The molecule has 1 heterocycles. The number of carbonyl (C=O) groups excluding carboxylic acids is 2. The number of nitro benzene ring substituents is 1. The summed E-state index contributed by atoms with van der Waals surface area (Å²) in [6.45, 7) is 0.167. The minimum atomic E-state index is -0.460. The highest BCUT2D eigenvalue weighted by Crippen LogP contribution is 2.35. The summed E-state index contributed by atoms with van der Waals surface area (Å²) >= 11 is 0.879. The Balaban J connectivity index is 1.54. The Kier molecular flexibility index (Phi) is 6.93. The highest BCUT2D eigenvalue weighted by atomic mass is 32.2. The molecule has 34 heavy (non-hydrogen) atoms. The number of nitrogens with zero attached hydrogens (tertiary/aromatic N) is 2. The smallest absolute Gasteiger partial charge is 0.293 e. The highest BCUT2D eigenvalue weighted by molar-refractivity contribution is 8.18. The Morgan fingerprint density at radius 1 is 1.00 bits per heavy atom. The van der Waals surface area contributed by atoms with Gasteiger partial charge in [0.1, 0.15) is 6.61 Å². The number of imide groups is 1. The molecular weight excluding hydrogens is 456 g/mol. The predicted molar refractivity (Wildman–Crippen MR) is 128 cm³/mol. The van der Waals surface area contributed by atoms with Gasteiger partial charge in [0.05, 0.1) is 29.0 Å². The third-order valence-corrected chi connectivity index (χ3v) is 6.02. The van der Waals surface area contributed by atoms with Crippen molar-refractivity contribution in [2.24, 2.45) is 0 Å². The predicted octanol–water partition coefficient (Wildman–Crippen LogP) is 5.42. The van der Waals surface area contributed by atoms with Gasteiger partial charge in [-0.3, -0.25) is 24.6 Å². The third kappa shape index (κ3) is 5.10. The molecule has 2 amide bonds. The monoisotopic (exact) mass is 476 g/mol. The van der Waals surface area contributed by atoms with Gasteiger partial charge in [0.25, 0.3) is 16.8 Å². The first-order chi connectivity index (χ1) is 16.5. The molecule has 0 aromatic heterocycles. The summed E-state index contributed by atoms with van der Waals surface area (Å²) in [4.78, 5) is 37.6. The molecule has 8 nitrogen and oxygen atoms in total. The van der Waals surface area contributed by atoms with E-state index in [1.165, 1.54) is 18.1 Å². The van der Waals surface area contributed by atoms with Crippen LogP contribution in [0.15, 0.2) is 77.7 Å². The average Bonchev–Trinajstić information content (AvgIpc) is 3.11. The molecule has 0 saturated carbocycles. The topological polar surface area (TPSA) is 99.0 Å². The lowest BCUT2D eigenvalue weighted by Crippen LogP contribution is -2.27. The molecule has 1 saturated heterocycles. The normalized spacial score (nSPS) is 14.5. The van der Waals surface area contributed by atoms with E-state index in [2.05, 4.69) is 0 Å². The molecule has 3 aromatic carbocycles. The van der Waals surface area contributed by atoms with Gasteiger partial charge in [0, 0.05) is 6.07 Å². The number of rotatable bonds is 8. The van der Waals surface area contributed by atoms with Gasteiger partial charge >= 0.3 is 0 Å². The molecule has 1 fully saturated rings. The average molecular weight is 477 g/mol. The summed E-state index contributed by atoms with van der Waals surface area (Å²) in [6.07, 6.45) is 1.62. The number of hydrogen-bond donors (Lipinski definition) is 0. The Morgan fingerprint density at radius 2 is 1.74 bits per heavy atom. The van der Waals surface area contributed by atoms with Crippen LogP contribution < -0.4 is 9.47 Å². The molecule has 9 heteroatoms. The maximum Gasteiger partial charge on any atom is 0.293 e. The second-order valence-electron chi connectivity index (χ2n) is 7.34. The minimum Gasteiger partial charge on any atom is -0.493 e. The number of ether oxygens (including phenoxy) is 2. The standard InChI is InChI=1S/C25H20N2O6S/c1-32-21-12-11-18(13-22(21)33-16-19-9-5-6-10-20(19)27(30)31)14-23-24(28)26(25(29)34-23)15-17-7-3-2-4-8-17/h2-14H,15-16H2,1H3/b23-14-. The van der Waals surface area contributed by atoms with E-state index in [0.29, 0.717) is 27.5 Å². The molecule has 0 spiro atoms. The first kappa shape index (κ1) is 23.1. The third-order valence-electron chi connectivity index (χ3n) is 5.11. The summed E-state index contributed by atoms with van der Waals surface area (Å²) in [5.41, 5.74) is 1.87. The molecule has 0 radical (unpaired) electrons. The fourth-order valence-corrected chi connectivity index (χ4v) is 4.25. The van der Waals surface area contributed by atoms with Gasteiger partial charge in [-0.2, -0.15) is 0 Å². The summed E-state index contributed by atoms with van der Waals surface area (Å²) in [7, 11) is 1.49. The van der Waals surface area contributed by atoms with Crippen molar-refractivity contribution in [3.05, 3.63) is 105 Å². The van der Waals surface area contributed by atoms with Crippen molar-refractivity contribution in [3.63, 3.8) is 0 Å². The molecule has 172 valence electrons. The van der Waals surface area contributed by atoms with Crippen molar-refractivity contribution in [1.82, 2.24) is 4.90 Å². The maximum absolute atomic E-state index is 12.8. The number of benzene rings is 3. The van der Waals surface area contributed by atoms with Crippen LogP contribution in [0.25, 0.3) is 6.08 Å². The van der Waals surface area contributed by atoms with E-state index in [4.69, 9.17) is 9.47 Å². The zero-order valence-corrected chi connectivity index (χ0v) is 19.0. The van der Waals surface area contributed by atoms with Gasteiger partial charge in [0.15, 0.2) is 11.5 Å². The number of thioether (sulfide) groups is 1. The summed E-state index contributed by atoms with van der Waals surface area (Å²) in [6, 6.07) is 20.7. The highest BCUT2D eigenvalue weighted by Gasteiger charge is 2.35. The molecule has 0 unspecified atom stereocenters. The van der Waals surface area contributed by atoms with E-state index in [0.717, 1.165) is 17.3 Å². The van der Waals surface area contributed by atoms with Gasteiger partial charge in [-0.1, -0.05) is 48.5 Å². The van der Waals surface area contributed by atoms with Crippen molar-refractivity contribution >= 4 is 34.7 Å². The van der Waals surface area contributed by atoms with Crippen molar-refractivity contribution in [3.8, 4) is 11.5 Å². The van der Waals surface area contributed by atoms with Crippen molar-refractivity contribution in [1.29, 1.82) is 0 Å². The molecular formula is C25H20N2O6S. The van der Waals surface area contributed by atoms with Crippen LogP contribution in [0.5, 0.6) is 11.5 Å². The molecule has 0 atom stereocenters. The van der Waals surface area contributed by atoms with Gasteiger partial charge in [-0.05, 0) is 47.2 Å². The Hall–Kier alpha value is -4.11. The zero-order chi connectivity index (χ0) is 24.1. The van der Waals surface area contributed by atoms with Gasteiger partial charge in [-0.25, -0.2) is 0 Å². The Labute approximate surface area is 199 Å². The SMILES string of the molecule is COc1ccc(/C=C2\SC(=O)N(Cc3ccccc3)C2=O)cc1OCc1ccccc1[N+](=O)[O-]. The quantitative estimate of drug-likeness (QED) is 0.243. The largest absolute Gasteiger partial charge is 0.493 e. The molecule has 1 aliphatic rings. The molecule has 0 bridgehead atoms. The minimum absolute atomic E-state index is 0.0371. The van der Waals surface area contributed by atoms with Crippen LogP contribution in [0.2, 0.25) is 0 Å².